The maximum absolute atomic E-state index is 6.54. The average molecular weight is 402 g/mol. The highest BCUT2D eigenvalue weighted by atomic mass is 35.5. The number of nitrogens with one attached hydrogen (secondary N) is 1. The van der Waals surface area contributed by atoms with Gasteiger partial charge in [0.05, 0.1) is 6.04 Å². The summed E-state index contributed by atoms with van der Waals surface area (Å²) in [6, 6.07) is 15.6. The predicted octanol–water partition coefficient (Wildman–Crippen LogP) is 5.69. The van der Waals surface area contributed by atoms with Crippen molar-refractivity contribution in [1.29, 1.82) is 0 Å². The summed E-state index contributed by atoms with van der Waals surface area (Å²) in [4.78, 5) is 0. The van der Waals surface area contributed by atoms with Gasteiger partial charge >= 0.3 is 0 Å². The van der Waals surface area contributed by atoms with Crippen molar-refractivity contribution in [3.63, 3.8) is 0 Å². The van der Waals surface area contributed by atoms with Crippen LogP contribution in [0.4, 0.5) is 5.69 Å². The average Bonchev–Trinajstić information content (AvgIpc) is 3.18. The van der Waals surface area contributed by atoms with Crippen LogP contribution in [-0.4, -0.2) is 20.2 Å². The fraction of sp³-hybridized carbons (Fsp3) is 0.350. The van der Waals surface area contributed by atoms with Crippen molar-refractivity contribution in [3.05, 3.63) is 70.0 Å². The topological polar surface area (TPSA) is 55.6 Å². The summed E-state index contributed by atoms with van der Waals surface area (Å²) in [5.74, 6) is 0.773. The maximum Gasteiger partial charge on any atom is 0.178 e. The zero-order valence-corrected chi connectivity index (χ0v) is 16.4. The predicted molar refractivity (Wildman–Crippen MR) is 108 cm³/mol. The van der Waals surface area contributed by atoms with Crippen LogP contribution in [0.3, 0.4) is 0 Å². The molecule has 7 heteroatoms. The van der Waals surface area contributed by atoms with Crippen molar-refractivity contribution < 1.29 is 0 Å². The first-order valence-electron chi connectivity index (χ1n) is 9.26. The highest BCUT2D eigenvalue weighted by molar-refractivity contribution is 6.35. The number of rotatable bonds is 5. The van der Waals surface area contributed by atoms with Gasteiger partial charge in [0.15, 0.2) is 5.82 Å². The van der Waals surface area contributed by atoms with E-state index in [1.165, 1.54) is 19.3 Å². The van der Waals surface area contributed by atoms with Gasteiger partial charge in [-0.2, -0.15) is 0 Å². The van der Waals surface area contributed by atoms with Gasteiger partial charge in [0.25, 0.3) is 0 Å². The molecular formula is C20H21Cl2N5. The van der Waals surface area contributed by atoms with Gasteiger partial charge in [-0.3, -0.25) is 0 Å². The summed E-state index contributed by atoms with van der Waals surface area (Å²) in [5.41, 5.74) is 1.88. The maximum atomic E-state index is 6.54. The standard InChI is InChI=1S/C20H21Cl2N5/c21-14-11-12-17(18(22)13-14)19(23-15-7-3-1-4-8-15)20-24-25-26-27(20)16-9-5-2-6-10-16/h1,3-4,7-8,11-13,16,19,23H,2,5-6,9-10H2. The molecule has 27 heavy (non-hydrogen) atoms. The van der Waals surface area contributed by atoms with Gasteiger partial charge < -0.3 is 5.32 Å². The molecule has 1 fully saturated rings. The zero-order valence-electron chi connectivity index (χ0n) is 14.9. The van der Waals surface area contributed by atoms with Crippen LogP contribution in [0.15, 0.2) is 48.5 Å². The van der Waals surface area contributed by atoms with Gasteiger partial charge in [-0.25, -0.2) is 4.68 Å². The SMILES string of the molecule is Clc1ccc(C(Nc2ccccc2)c2nnnn2C2CCCCC2)c(Cl)c1. The van der Waals surface area contributed by atoms with E-state index in [0.29, 0.717) is 16.1 Å². The number of benzene rings is 2. The molecule has 0 aliphatic heterocycles. The monoisotopic (exact) mass is 401 g/mol. The first-order chi connectivity index (χ1) is 13.2. The second-order valence-corrected chi connectivity index (χ2v) is 7.73. The van der Waals surface area contributed by atoms with E-state index >= 15 is 0 Å². The Bertz CT molecular complexity index is 890. The number of hydrogen-bond donors (Lipinski definition) is 1. The molecule has 1 aliphatic rings. The molecule has 2 aromatic carbocycles. The number of nitrogens with zero attached hydrogens (tertiary/aromatic N) is 4. The third-order valence-electron chi connectivity index (χ3n) is 5.06. The van der Waals surface area contributed by atoms with E-state index in [0.717, 1.165) is 29.9 Å². The Morgan fingerprint density at radius 2 is 1.78 bits per heavy atom. The van der Waals surface area contributed by atoms with Crippen LogP contribution < -0.4 is 5.32 Å². The molecule has 5 nitrogen and oxygen atoms in total. The van der Waals surface area contributed by atoms with Gasteiger partial charge in [0, 0.05) is 21.3 Å². The van der Waals surface area contributed by atoms with Crippen molar-refractivity contribution in [3.8, 4) is 0 Å². The molecule has 0 amide bonds. The molecule has 1 unspecified atom stereocenters. The van der Waals surface area contributed by atoms with Crippen LogP contribution in [0.5, 0.6) is 0 Å². The van der Waals surface area contributed by atoms with E-state index in [2.05, 4.69) is 20.8 Å². The number of tetrazole rings is 1. The highest BCUT2D eigenvalue weighted by Gasteiger charge is 2.27. The molecule has 140 valence electrons. The summed E-state index contributed by atoms with van der Waals surface area (Å²) in [5, 5.41) is 17.4. The Morgan fingerprint density at radius 1 is 1.00 bits per heavy atom. The summed E-state index contributed by atoms with van der Waals surface area (Å²) < 4.78 is 1.98. The molecule has 1 aliphatic carbocycles. The van der Waals surface area contributed by atoms with E-state index in [9.17, 15) is 0 Å². The number of aromatic nitrogens is 4. The lowest BCUT2D eigenvalue weighted by molar-refractivity contribution is 0.315. The molecule has 1 aromatic heterocycles. The molecule has 0 spiro atoms. The van der Waals surface area contributed by atoms with E-state index in [-0.39, 0.29) is 6.04 Å². The molecule has 0 saturated heterocycles. The highest BCUT2D eigenvalue weighted by Crippen LogP contribution is 2.35. The molecule has 0 bridgehead atoms. The van der Waals surface area contributed by atoms with Crippen molar-refractivity contribution in [2.45, 2.75) is 44.2 Å². The van der Waals surface area contributed by atoms with Crippen LogP contribution in [-0.2, 0) is 0 Å². The quantitative estimate of drug-likeness (QED) is 0.596. The smallest absolute Gasteiger partial charge is 0.178 e. The van der Waals surface area contributed by atoms with Gasteiger partial charge in [-0.15, -0.1) is 5.10 Å². The van der Waals surface area contributed by atoms with Crippen LogP contribution in [0.1, 0.15) is 55.6 Å². The third-order valence-corrected chi connectivity index (χ3v) is 5.62. The second kappa shape index (κ2) is 8.28. The Labute approximate surface area is 168 Å². The van der Waals surface area contributed by atoms with E-state index in [1.807, 2.05) is 47.1 Å². The molecule has 1 saturated carbocycles. The molecule has 1 atom stereocenters. The first kappa shape index (κ1) is 18.3. The fourth-order valence-electron chi connectivity index (χ4n) is 3.69. The lowest BCUT2D eigenvalue weighted by Gasteiger charge is -2.26. The molecule has 1 N–H and O–H groups in total. The van der Waals surface area contributed by atoms with Crippen LogP contribution in [0, 0.1) is 0 Å². The minimum Gasteiger partial charge on any atom is -0.371 e. The minimum absolute atomic E-state index is 0.269. The van der Waals surface area contributed by atoms with E-state index in [4.69, 9.17) is 23.2 Å². The molecule has 3 aromatic rings. The Kier molecular flexibility index (Phi) is 5.60. The van der Waals surface area contributed by atoms with Crippen molar-refractivity contribution in [2.75, 3.05) is 5.32 Å². The number of anilines is 1. The van der Waals surface area contributed by atoms with Crippen molar-refractivity contribution in [1.82, 2.24) is 20.2 Å². The van der Waals surface area contributed by atoms with Crippen molar-refractivity contribution >= 4 is 28.9 Å². The fourth-order valence-corrected chi connectivity index (χ4v) is 4.21. The van der Waals surface area contributed by atoms with Gasteiger partial charge in [0.1, 0.15) is 6.04 Å². The third kappa shape index (κ3) is 4.09. The molecule has 0 radical (unpaired) electrons. The molecule has 4 rings (SSSR count). The minimum atomic E-state index is -0.269. The first-order valence-corrected chi connectivity index (χ1v) is 10.0. The Balaban J connectivity index is 1.75. The van der Waals surface area contributed by atoms with Gasteiger partial charge in [-0.05, 0) is 47.5 Å². The summed E-state index contributed by atoms with van der Waals surface area (Å²) in [6.07, 6.45) is 5.91. The molecule has 1 heterocycles. The van der Waals surface area contributed by atoms with Crippen LogP contribution in [0.2, 0.25) is 10.0 Å². The number of hydrogen-bond acceptors (Lipinski definition) is 4. The largest absolute Gasteiger partial charge is 0.371 e. The zero-order chi connectivity index (χ0) is 18.6. The van der Waals surface area contributed by atoms with E-state index < -0.39 is 0 Å². The lowest BCUT2D eigenvalue weighted by Crippen LogP contribution is -2.23. The lowest BCUT2D eigenvalue weighted by atomic mass is 9.95. The van der Waals surface area contributed by atoms with Gasteiger partial charge in [0.2, 0.25) is 0 Å². The van der Waals surface area contributed by atoms with Crippen LogP contribution >= 0.6 is 23.2 Å². The summed E-state index contributed by atoms with van der Waals surface area (Å²) >= 11 is 12.7. The number of para-hydroxylation sites is 1. The second-order valence-electron chi connectivity index (χ2n) is 6.88. The Hall–Kier alpha value is -2.11. The summed E-state index contributed by atoms with van der Waals surface area (Å²) in [6.45, 7) is 0. The van der Waals surface area contributed by atoms with Crippen LogP contribution in [0.25, 0.3) is 0 Å². The number of halogens is 2. The normalized spacial score (nSPS) is 16.2. The molecular weight excluding hydrogens is 381 g/mol. The van der Waals surface area contributed by atoms with E-state index in [1.54, 1.807) is 6.07 Å². The Morgan fingerprint density at radius 3 is 2.52 bits per heavy atom. The van der Waals surface area contributed by atoms with Gasteiger partial charge in [-0.1, -0.05) is 66.7 Å². The summed E-state index contributed by atoms with van der Waals surface area (Å²) in [7, 11) is 0. The van der Waals surface area contributed by atoms with Crippen molar-refractivity contribution in [2.24, 2.45) is 0 Å².